The molecule has 1 aliphatic rings. The van der Waals surface area contributed by atoms with Crippen LogP contribution >= 0.6 is 0 Å². The third-order valence-electron chi connectivity index (χ3n) is 4.18. The summed E-state index contributed by atoms with van der Waals surface area (Å²) in [5.74, 6) is -0.250. The van der Waals surface area contributed by atoms with Gasteiger partial charge in [-0.1, -0.05) is 19.1 Å². The molecule has 0 aromatic heterocycles. The predicted molar refractivity (Wildman–Crippen MR) is 80.4 cm³/mol. The minimum atomic E-state index is -0.250. The fourth-order valence-electron chi connectivity index (χ4n) is 2.94. The van der Waals surface area contributed by atoms with Gasteiger partial charge in [0, 0.05) is 18.6 Å². The average Bonchev–Trinajstić information content (AvgIpc) is 2.49. The molecule has 4 unspecified atom stereocenters. The maximum atomic E-state index is 13.6. The standard InChI is InChI=1S/C16H25FN2O2/c1-3-15(18)16(12-5-4-6-13(17)7-12)19-8-14(9-20)21-10-11(19)2/h4-7,11,14-16,20H,3,8-10,18H2,1-2H3. The van der Waals surface area contributed by atoms with Gasteiger partial charge in [-0.25, -0.2) is 4.39 Å². The zero-order valence-electron chi connectivity index (χ0n) is 12.7. The van der Waals surface area contributed by atoms with Gasteiger partial charge < -0.3 is 15.6 Å². The van der Waals surface area contributed by atoms with Gasteiger partial charge in [-0.3, -0.25) is 4.90 Å². The van der Waals surface area contributed by atoms with Crippen molar-refractivity contribution in [1.29, 1.82) is 0 Å². The van der Waals surface area contributed by atoms with Gasteiger partial charge in [0.2, 0.25) is 0 Å². The summed E-state index contributed by atoms with van der Waals surface area (Å²) in [6.07, 6.45) is 0.594. The number of nitrogens with two attached hydrogens (primary N) is 1. The zero-order valence-corrected chi connectivity index (χ0v) is 12.7. The van der Waals surface area contributed by atoms with Crippen molar-refractivity contribution in [2.75, 3.05) is 19.8 Å². The fraction of sp³-hybridized carbons (Fsp3) is 0.625. The van der Waals surface area contributed by atoms with Crippen molar-refractivity contribution in [1.82, 2.24) is 4.90 Å². The second kappa shape index (κ2) is 7.31. The highest BCUT2D eigenvalue weighted by atomic mass is 19.1. The van der Waals surface area contributed by atoms with Crippen LogP contribution in [-0.4, -0.2) is 48.0 Å². The monoisotopic (exact) mass is 296 g/mol. The van der Waals surface area contributed by atoms with E-state index in [2.05, 4.69) is 11.8 Å². The molecule has 0 spiro atoms. The van der Waals surface area contributed by atoms with Gasteiger partial charge in [-0.05, 0) is 31.0 Å². The first kappa shape index (κ1) is 16.4. The summed E-state index contributed by atoms with van der Waals surface area (Å²) in [6, 6.07) is 6.64. The minimum absolute atomic E-state index is 0.0134. The lowest BCUT2D eigenvalue weighted by molar-refractivity contribution is -0.0949. The Bertz CT molecular complexity index is 458. The van der Waals surface area contributed by atoms with E-state index >= 15 is 0 Å². The number of aliphatic hydroxyl groups excluding tert-OH is 1. The van der Waals surface area contributed by atoms with Crippen LogP contribution in [0.2, 0.25) is 0 Å². The van der Waals surface area contributed by atoms with Gasteiger partial charge in [0.15, 0.2) is 0 Å². The number of benzene rings is 1. The minimum Gasteiger partial charge on any atom is -0.394 e. The number of aliphatic hydroxyl groups is 1. The third-order valence-corrected chi connectivity index (χ3v) is 4.18. The van der Waals surface area contributed by atoms with Gasteiger partial charge in [-0.2, -0.15) is 0 Å². The van der Waals surface area contributed by atoms with Crippen molar-refractivity contribution >= 4 is 0 Å². The summed E-state index contributed by atoms with van der Waals surface area (Å²) in [5, 5.41) is 9.34. The lowest BCUT2D eigenvalue weighted by atomic mass is 9.94. The lowest BCUT2D eigenvalue weighted by Gasteiger charge is -2.44. The van der Waals surface area contributed by atoms with E-state index < -0.39 is 0 Å². The Balaban J connectivity index is 2.30. The summed E-state index contributed by atoms with van der Waals surface area (Å²) in [4.78, 5) is 2.23. The first-order valence-electron chi connectivity index (χ1n) is 7.56. The Labute approximate surface area is 125 Å². The van der Waals surface area contributed by atoms with Crippen LogP contribution in [0.1, 0.15) is 31.9 Å². The quantitative estimate of drug-likeness (QED) is 0.868. The van der Waals surface area contributed by atoms with Gasteiger partial charge in [-0.15, -0.1) is 0 Å². The predicted octanol–water partition coefficient (Wildman–Crippen LogP) is 1.69. The van der Waals surface area contributed by atoms with Crippen molar-refractivity contribution in [3.05, 3.63) is 35.6 Å². The molecule has 0 aliphatic carbocycles. The van der Waals surface area contributed by atoms with Crippen LogP contribution in [0.3, 0.4) is 0 Å². The molecule has 3 N–H and O–H groups in total. The molecule has 118 valence electrons. The average molecular weight is 296 g/mol. The van der Waals surface area contributed by atoms with Crippen LogP contribution in [0, 0.1) is 5.82 Å². The first-order valence-corrected chi connectivity index (χ1v) is 7.56. The Morgan fingerprint density at radius 1 is 1.52 bits per heavy atom. The first-order chi connectivity index (χ1) is 10.1. The number of morpholine rings is 1. The third kappa shape index (κ3) is 3.80. The fourth-order valence-corrected chi connectivity index (χ4v) is 2.94. The van der Waals surface area contributed by atoms with Crippen LogP contribution in [-0.2, 0) is 4.74 Å². The maximum absolute atomic E-state index is 13.6. The number of halogens is 1. The van der Waals surface area contributed by atoms with E-state index in [1.807, 2.05) is 13.0 Å². The molecule has 5 heteroatoms. The smallest absolute Gasteiger partial charge is 0.123 e. The van der Waals surface area contributed by atoms with Crippen molar-refractivity contribution in [3.8, 4) is 0 Å². The number of ether oxygens (including phenoxy) is 1. The summed E-state index contributed by atoms with van der Waals surface area (Å²) in [5.41, 5.74) is 7.20. The largest absolute Gasteiger partial charge is 0.394 e. The van der Waals surface area contributed by atoms with E-state index in [4.69, 9.17) is 10.5 Å². The van der Waals surface area contributed by atoms with E-state index in [1.165, 1.54) is 6.07 Å². The normalized spacial score (nSPS) is 26.5. The summed E-state index contributed by atoms with van der Waals surface area (Å²) < 4.78 is 19.2. The number of hydrogen-bond acceptors (Lipinski definition) is 4. The van der Waals surface area contributed by atoms with E-state index in [1.54, 1.807) is 12.1 Å². The molecule has 0 bridgehead atoms. The molecule has 4 atom stereocenters. The molecular weight excluding hydrogens is 271 g/mol. The van der Waals surface area contributed by atoms with E-state index in [9.17, 15) is 9.50 Å². The molecule has 1 aromatic carbocycles. The van der Waals surface area contributed by atoms with Crippen LogP contribution in [0.25, 0.3) is 0 Å². The molecule has 0 saturated carbocycles. The maximum Gasteiger partial charge on any atom is 0.123 e. The Morgan fingerprint density at radius 2 is 2.29 bits per heavy atom. The molecule has 1 heterocycles. The molecule has 4 nitrogen and oxygen atoms in total. The second-order valence-electron chi connectivity index (χ2n) is 5.76. The van der Waals surface area contributed by atoms with Crippen molar-refractivity contribution in [2.24, 2.45) is 5.73 Å². The Hall–Kier alpha value is -1.01. The molecule has 2 rings (SSSR count). The highest BCUT2D eigenvalue weighted by molar-refractivity contribution is 5.22. The summed E-state index contributed by atoms with van der Waals surface area (Å²) in [7, 11) is 0. The lowest BCUT2D eigenvalue weighted by Crippen LogP contribution is -2.54. The van der Waals surface area contributed by atoms with Crippen molar-refractivity contribution < 1.29 is 14.2 Å². The number of rotatable bonds is 5. The Morgan fingerprint density at radius 3 is 2.90 bits per heavy atom. The second-order valence-corrected chi connectivity index (χ2v) is 5.76. The molecule has 1 aliphatic heterocycles. The van der Waals surface area contributed by atoms with Crippen LogP contribution in [0.4, 0.5) is 4.39 Å². The zero-order chi connectivity index (χ0) is 15.4. The molecule has 1 fully saturated rings. The van der Waals surface area contributed by atoms with Crippen LogP contribution in [0.15, 0.2) is 24.3 Å². The Kier molecular flexibility index (Phi) is 5.70. The van der Waals surface area contributed by atoms with Gasteiger partial charge >= 0.3 is 0 Å². The summed E-state index contributed by atoms with van der Waals surface area (Å²) in [6.45, 7) is 5.24. The highest BCUT2D eigenvalue weighted by Gasteiger charge is 2.34. The number of nitrogens with zero attached hydrogens (tertiary/aromatic N) is 1. The SMILES string of the molecule is CCC(N)C(c1cccc(F)c1)N1CC(CO)OCC1C. The number of hydrogen-bond donors (Lipinski definition) is 2. The van der Waals surface area contributed by atoms with Gasteiger partial charge in [0.25, 0.3) is 0 Å². The van der Waals surface area contributed by atoms with Crippen molar-refractivity contribution in [2.45, 2.75) is 44.5 Å². The molecular formula is C16H25FN2O2. The van der Waals surface area contributed by atoms with Crippen LogP contribution in [0.5, 0.6) is 0 Å². The van der Waals surface area contributed by atoms with E-state index in [0.29, 0.717) is 13.2 Å². The molecule has 1 saturated heterocycles. The van der Waals surface area contributed by atoms with Gasteiger partial charge in [0.1, 0.15) is 5.82 Å². The molecule has 1 aromatic rings. The van der Waals surface area contributed by atoms with Crippen LogP contribution < -0.4 is 5.73 Å². The van der Waals surface area contributed by atoms with Crippen molar-refractivity contribution in [3.63, 3.8) is 0 Å². The van der Waals surface area contributed by atoms with E-state index in [0.717, 1.165) is 12.0 Å². The molecule has 0 amide bonds. The topological polar surface area (TPSA) is 58.7 Å². The summed E-state index contributed by atoms with van der Waals surface area (Å²) >= 11 is 0. The highest BCUT2D eigenvalue weighted by Crippen LogP contribution is 2.30. The van der Waals surface area contributed by atoms with E-state index in [-0.39, 0.29) is 36.7 Å². The molecule has 0 radical (unpaired) electrons. The molecule has 21 heavy (non-hydrogen) atoms. The van der Waals surface area contributed by atoms with Gasteiger partial charge in [0.05, 0.1) is 25.4 Å².